The highest BCUT2D eigenvalue weighted by molar-refractivity contribution is 5.91. The van der Waals surface area contributed by atoms with E-state index < -0.39 is 5.79 Å². The Bertz CT molecular complexity index is 617. The van der Waals surface area contributed by atoms with Crippen molar-refractivity contribution in [3.05, 3.63) is 41.5 Å². The summed E-state index contributed by atoms with van der Waals surface area (Å²) in [7, 11) is 0. The Morgan fingerprint density at radius 1 is 1.27 bits per heavy atom. The Balaban J connectivity index is 1.58. The molecule has 1 spiro atoms. The number of piperidine rings is 1. The van der Waals surface area contributed by atoms with Crippen LogP contribution < -0.4 is 0 Å². The SMILES string of the molecule is N#Cc1cccc(C=CC(=O)N2CCC3(CC2)OCCO3)c1. The van der Waals surface area contributed by atoms with Crippen molar-refractivity contribution >= 4 is 12.0 Å². The number of nitriles is 1. The van der Waals surface area contributed by atoms with Crippen molar-refractivity contribution in [2.24, 2.45) is 0 Å². The number of ether oxygens (including phenoxy) is 2. The van der Waals surface area contributed by atoms with Crippen LogP contribution in [0.15, 0.2) is 30.3 Å². The molecule has 0 saturated carbocycles. The summed E-state index contributed by atoms with van der Waals surface area (Å²) in [6.45, 7) is 2.56. The summed E-state index contributed by atoms with van der Waals surface area (Å²) in [4.78, 5) is 14.0. The zero-order chi connectivity index (χ0) is 15.4. The van der Waals surface area contributed by atoms with Crippen LogP contribution in [0, 0.1) is 11.3 Å². The van der Waals surface area contributed by atoms with Gasteiger partial charge in [-0.2, -0.15) is 5.26 Å². The predicted molar refractivity (Wildman–Crippen MR) is 80.6 cm³/mol. The molecule has 2 fully saturated rings. The lowest BCUT2D eigenvalue weighted by molar-refractivity contribution is -0.186. The van der Waals surface area contributed by atoms with Crippen LogP contribution in [0.5, 0.6) is 0 Å². The van der Waals surface area contributed by atoms with E-state index in [1.807, 2.05) is 12.1 Å². The maximum Gasteiger partial charge on any atom is 0.246 e. The molecule has 0 aromatic heterocycles. The van der Waals surface area contributed by atoms with E-state index in [0.29, 0.717) is 31.9 Å². The van der Waals surface area contributed by atoms with Crippen LogP contribution in [0.25, 0.3) is 6.08 Å². The first kappa shape index (κ1) is 14.8. The molecule has 5 nitrogen and oxygen atoms in total. The average molecular weight is 298 g/mol. The zero-order valence-electron chi connectivity index (χ0n) is 12.3. The van der Waals surface area contributed by atoms with Crippen LogP contribution in [-0.2, 0) is 14.3 Å². The molecular weight excluding hydrogens is 280 g/mol. The zero-order valence-corrected chi connectivity index (χ0v) is 12.3. The molecule has 0 atom stereocenters. The number of nitrogens with zero attached hydrogens (tertiary/aromatic N) is 2. The molecule has 22 heavy (non-hydrogen) atoms. The molecule has 0 unspecified atom stereocenters. The van der Waals surface area contributed by atoms with Gasteiger partial charge in [0.25, 0.3) is 0 Å². The highest BCUT2D eigenvalue weighted by Crippen LogP contribution is 2.31. The summed E-state index contributed by atoms with van der Waals surface area (Å²) < 4.78 is 11.3. The van der Waals surface area contributed by atoms with Crippen molar-refractivity contribution in [2.45, 2.75) is 18.6 Å². The maximum absolute atomic E-state index is 12.2. The predicted octanol–water partition coefficient (Wildman–Crippen LogP) is 1.94. The number of carbonyl (C=O) groups excluding carboxylic acids is 1. The van der Waals surface area contributed by atoms with Gasteiger partial charge in [0.2, 0.25) is 5.91 Å². The Morgan fingerprint density at radius 3 is 2.68 bits per heavy atom. The summed E-state index contributed by atoms with van der Waals surface area (Å²) in [5, 5.41) is 8.87. The van der Waals surface area contributed by atoms with Crippen LogP contribution in [-0.4, -0.2) is 42.9 Å². The van der Waals surface area contributed by atoms with Crippen molar-refractivity contribution in [1.82, 2.24) is 4.90 Å². The average Bonchev–Trinajstić information content (AvgIpc) is 3.01. The molecule has 3 rings (SSSR count). The minimum atomic E-state index is -0.457. The van der Waals surface area contributed by atoms with E-state index in [9.17, 15) is 4.79 Å². The summed E-state index contributed by atoms with van der Waals surface area (Å²) in [5.74, 6) is -0.475. The second kappa shape index (κ2) is 6.30. The van der Waals surface area contributed by atoms with E-state index in [0.717, 1.165) is 18.4 Å². The first-order valence-electron chi connectivity index (χ1n) is 7.46. The molecule has 5 heteroatoms. The second-order valence-corrected chi connectivity index (χ2v) is 5.50. The molecule has 0 aliphatic carbocycles. The third-order valence-electron chi connectivity index (χ3n) is 4.08. The van der Waals surface area contributed by atoms with Gasteiger partial charge in [0, 0.05) is 32.0 Å². The molecule has 1 aromatic rings. The second-order valence-electron chi connectivity index (χ2n) is 5.50. The Kier molecular flexibility index (Phi) is 4.23. The lowest BCUT2D eigenvalue weighted by Crippen LogP contribution is -2.46. The molecule has 2 saturated heterocycles. The molecule has 1 aromatic carbocycles. The van der Waals surface area contributed by atoms with Crippen molar-refractivity contribution in [2.75, 3.05) is 26.3 Å². The van der Waals surface area contributed by atoms with Gasteiger partial charge in [-0.15, -0.1) is 0 Å². The van der Waals surface area contributed by atoms with E-state index in [2.05, 4.69) is 6.07 Å². The summed E-state index contributed by atoms with van der Waals surface area (Å²) >= 11 is 0. The number of likely N-dealkylation sites (tertiary alicyclic amines) is 1. The highest BCUT2D eigenvalue weighted by Gasteiger charge is 2.40. The highest BCUT2D eigenvalue weighted by atomic mass is 16.7. The Morgan fingerprint density at radius 2 is 2.00 bits per heavy atom. The number of hydrogen-bond donors (Lipinski definition) is 0. The molecule has 2 aliphatic heterocycles. The molecule has 2 aliphatic rings. The quantitative estimate of drug-likeness (QED) is 0.783. The first-order chi connectivity index (χ1) is 10.7. The third kappa shape index (κ3) is 3.19. The monoisotopic (exact) mass is 298 g/mol. The lowest BCUT2D eigenvalue weighted by Gasteiger charge is -2.37. The van der Waals surface area contributed by atoms with Gasteiger partial charge in [0.1, 0.15) is 0 Å². The fourth-order valence-corrected chi connectivity index (χ4v) is 2.84. The van der Waals surface area contributed by atoms with Crippen molar-refractivity contribution in [1.29, 1.82) is 5.26 Å². The largest absolute Gasteiger partial charge is 0.347 e. The van der Waals surface area contributed by atoms with E-state index in [-0.39, 0.29) is 5.91 Å². The fraction of sp³-hybridized carbons (Fsp3) is 0.412. The minimum absolute atomic E-state index is 0.0183. The molecule has 2 heterocycles. The van der Waals surface area contributed by atoms with Gasteiger partial charge in [-0.3, -0.25) is 4.79 Å². The van der Waals surface area contributed by atoms with E-state index >= 15 is 0 Å². The topological polar surface area (TPSA) is 62.6 Å². The number of hydrogen-bond acceptors (Lipinski definition) is 4. The lowest BCUT2D eigenvalue weighted by atomic mass is 10.0. The van der Waals surface area contributed by atoms with E-state index in [1.165, 1.54) is 0 Å². The van der Waals surface area contributed by atoms with Crippen molar-refractivity contribution in [3.8, 4) is 6.07 Å². The van der Waals surface area contributed by atoms with Crippen LogP contribution >= 0.6 is 0 Å². The minimum Gasteiger partial charge on any atom is -0.347 e. The summed E-state index contributed by atoms with van der Waals surface area (Å²) in [6, 6.07) is 9.27. The fourth-order valence-electron chi connectivity index (χ4n) is 2.84. The number of amides is 1. The van der Waals surface area contributed by atoms with Gasteiger partial charge in [0.05, 0.1) is 24.8 Å². The van der Waals surface area contributed by atoms with Gasteiger partial charge < -0.3 is 14.4 Å². The van der Waals surface area contributed by atoms with Crippen molar-refractivity contribution < 1.29 is 14.3 Å². The summed E-state index contributed by atoms with van der Waals surface area (Å²) in [6.07, 6.45) is 4.74. The van der Waals surface area contributed by atoms with Gasteiger partial charge in [-0.05, 0) is 23.8 Å². The van der Waals surface area contributed by atoms with Gasteiger partial charge in [0.15, 0.2) is 5.79 Å². The molecule has 114 valence electrons. The molecule has 1 amide bonds. The van der Waals surface area contributed by atoms with Crippen LogP contribution in [0.2, 0.25) is 0 Å². The third-order valence-corrected chi connectivity index (χ3v) is 4.08. The molecule has 0 radical (unpaired) electrons. The Labute approximate surface area is 129 Å². The normalized spacial score (nSPS) is 20.4. The maximum atomic E-state index is 12.2. The van der Waals surface area contributed by atoms with Crippen LogP contribution in [0.1, 0.15) is 24.0 Å². The number of carbonyl (C=O) groups is 1. The molecule has 0 N–H and O–H groups in total. The van der Waals surface area contributed by atoms with Gasteiger partial charge in [-0.1, -0.05) is 12.1 Å². The van der Waals surface area contributed by atoms with Gasteiger partial charge >= 0.3 is 0 Å². The van der Waals surface area contributed by atoms with E-state index in [4.69, 9.17) is 14.7 Å². The summed E-state index contributed by atoms with van der Waals surface area (Å²) in [5.41, 5.74) is 1.44. The van der Waals surface area contributed by atoms with E-state index in [1.54, 1.807) is 29.2 Å². The first-order valence-corrected chi connectivity index (χ1v) is 7.46. The Hall–Kier alpha value is -2.16. The number of rotatable bonds is 2. The standard InChI is InChI=1S/C17H18N2O3/c18-13-15-3-1-2-14(12-15)4-5-16(20)19-8-6-17(7-9-19)21-10-11-22-17/h1-5,12H,6-11H2. The van der Waals surface area contributed by atoms with Crippen LogP contribution in [0.3, 0.4) is 0 Å². The van der Waals surface area contributed by atoms with Crippen molar-refractivity contribution in [3.63, 3.8) is 0 Å². The van der Waals surface area contributed by atoms with Crippen LogP contribution in [0.4, 0.5) is 0 Å². The smallest absolute Gasteiger partial charge is 0.246 e. The number of benzene rings is 1. The molecule has 0 bridgehead atoms. The molecular formula is C17H18N2O3. The van der Waals surface area contributed by atoms with Gasteiger partial charge in [-0.25, -0.2) is 0 Å².